The van der Waals surface area contributed by atoms with Crippen LogP contribution in [0.2, 0.25) is 0 Å². The van der Waals surface area contributed by atoms with Crippen LogP contribution in [0.4, 0.5) is 4.39 Å². The van der Waals surface area contributed by atoms with Crippen LogP contribution in [-0.2, 0) is 10.0 Å². The molecule has 0 atom stereocenters. The minimum atomic E-state index is -3.56. The van der Waals surface area contributed by atoms with Gasteiger partial charge in [0, 0.05) is 6.54 Å². The van der Waals surface area contributed by atoms with Gasteiger partial charge >= 0.3 is 0 Å². The van der Waals surface area contributed by atoms with E-state index in [1.807, 2.05) is 0 Å². The second-order valence-electron chi connectivity index (χ2n) is 5.89. The number of sulfonamides is 1. The average molecular weight is 300 g/mol. The Morgan fingerprint density at radius 2 is 1.80 bits per heavy atom. The molecule has 1 fully saturated rings. The maximum Gasteiger partial charge on any atom is 0.240 e. The topological polar surface area (TPSA) is 49.4 Å². The number of piperidine rings is 1. The molecule has 112 valence electrons. The quantitative estimate of drug-likeness (QED) is 0.923. The third kappa shape index (κ3) is 3.77. The molecule has 0 radical (unpaired) electrons. The van der Waals surface area contributed by atoms with Crippen molar-refractivity contribution in [3.05, 3.63) is 30.1 Å². The summed E-state index contributed by atoms with van der Waals surface area (Å²) < 4.78 is 39.8. The third-order valence-electron chi connectivity index (χ3n) is 4.01. The molecule has 0 amide bonds. The SMILES string of the molecule is CN1CCC(C)(CNS(=O)(=O)c2ccc(F)cc2)CC1. The van der Waals surface area contributed by atoms with E-state index in [1.54, 1.807) is 0 Å². The number of hydrogen-bond donors (Lipinski definition) is 1. The molecule has 0 aliphatic carbocycles. The van der Waals surface area contributed by atoms with Gasteiger partial charge in [-0.1, -0.05) is 6.92 Å². The van der Waals surface area contributed by atoms with Crippen molar-refractivity contribution in [2.75, 3.05) is 26.7 Å². The highest BCUT2D eigenvalue weighted by Crippen LogP contribution is 2.29. The molecule has 1 aliphatic rings. The largest absolute Gasteiger partial charge is 0.306 e. The average Bonchev–Trinajstić information content (AvgIpc) is 2.41. The van der Waals surface area contributed by atoms with Crippen LogP contribution in [0.15, 0.2) is 29.2 Å². The lowest BCUT2D eigenvalue weighted by Crippen LogP contribution is -2.43. The van der Waals surface area contributed by atoms with Gasteiger partial charge in [-0.25, -0.2) is 17.5 Å². The van der Waals surface area contributed by atoms with Crippen LogP contribution in [0.25, 0.3) is 0 Å². The predicted octanol–water partition coefficient (Wildman–Crippen LogP) is 1.84. The third-order valence-corrected chi connectivity index (χ3v) is 5.42. The monoisotopic (exact) mass is 300 g/mol. The highest BCUT2D eigenvalue weighted by molar-refractivity contribution is 7.89. The maximum absolute atomic E-state index is 12.8. The summed E-state index contributed by atoms with van der Waals surface area (Å²) in [5.41, 5.74) is -0.0143. The predicted molar refractivity (Wildman–Crippen MR) is 76.4 cm³/mol. The minimum Gasteiger partial charge on any atom is -0.306 e. The van der Waals surface area contributed by atoms with Gasteiger partial charge in [0.15, 0.2) is 0 Å². The van der Waals surface area contributed by atoms with Crippen LogP contribution in [0.1, 0.15) is 19.8 Å². The van der Waals surface area contributed by atoms with Crippen LogP contribution in [0.5, 0.6) is 0 Å². The number of halogens is 1. The van der Waals surface area contributed by atoms with Crippen molar-refractivity contribution in [3.63, 3.8) is 0 Å². The standard InChI is InChI=1S/C14H21FN2O2S/c1-14(7-9-17(2)10-8-14)11-16-20(18,19)13-5-3-12(15)4-6-13/h3-6,16H,7-11H2,1-2H3. The van der Waals surface area contributed by atoms with E-state index in [0.29, 0.717) is 6.54 Å². The van der Waals surface area contributed by atoms with Gasteiger partial charge in [-0.15, -0.1) is 0 Å². The van der Waals surface area contributed by atoms with E-state index in [-0.39, 0.29) is 10.3 Å². The molecule has 0 saturated carbocycles. The normalized spacial score (nSPS) is 19.9. The van der Waals surface area contributed by atoms with Gasteiger partial charge in [-0.2, -0.15) is 0 Å². The number of nitrogens with one attached hydrogen (secondary N) is 1. The number of nitrogens with zero attached hydrogens (tertiary/aromatic N) is 1. The lowest BCUT2D eigenvalue weighted by molar-refractivity contribution is 0.143. The summed E-state index contributed by atoms with van der Waals surface area (Å²) in [5.74, 6) is -0.439. The first-order valence-corrected chi connectivity index (χ1v) is 8.23. The molecule has 1 N–H and O–H groups in total. The maximum atomic E-state index is 12.8. The molecule has 0 aromatic heterocycles. The molecule has 0 bridgehead atoms. The minimum absolute atomic E-state index is 0.0143. The number of hydrogen-bond acceptors (Lipinski definition) is 3. The fourth-order valence-electron chi connectivity index (χ4n) is 2.30. The van der Waals surface area contributed by atoms with Crippen LogP contribution in [-0.4, -0.2) is 40.0 Å². The molecular weight excluding hydrogens is 279 g/mol. The molecule has 20 heavy (non-hydrogen) atoms. The summed E-state index contributed by atoms with van der Waals surface area (Å²) in [6.07, 6.45) is 1.94. The first kappa shape index (κ1) is 15.4. The Morgan fingerprint density at radius 1 is 1.25 bits per heavy atom. The number of benzene rings is 1. The van der Waals surface area contributed by atoms with Gasteiger partial charge in [0.1, 0.15) is 5.82 Å². The van der Waals surface area contributed by atoms with Crippen molar-refractivity contribution in [2.45, 2.75) is 24.7 Å². The molecule has 2 rings (SSSR count). The zero-order valence-electron chi connectivity index (χ0n) is 11.9. The van der Waals surface area contributed by atoms with Gasteiger partial charge in [-0.05, 0) is 62.7 Å². The second kappa shape index (κ2) is 5.79. The van der Waals surface area contributed by atoms with Crippen LogP contribution >= 0.6 is 0 Å². The van der Waals surface area contributed by atoms with Crippen molar-refractivity contribution >= 4 is 10.0 Å². The summed E-state index contributed by atoms with van der Waals surface area (Å²) in [6.45, 7) is 4.48. The Hall–Kier alpha value is -0.980. The molecule has 1 saturated heterocycles. The molecule has 1 aliphatic heterocycles. The number of rotatable bonds is 4. The van der Waals surface area contributed by atoms with E-state index in [0.717, 1.165) is 38.1 Å². The fourth-order valence-corrected chi connectivity index (χ4v) is 3.50. The summed E-state index contributed by atoms with van der Waals surface area (Å²) in [4.78, 5) is 2.35. The van der Waals surface area contributed by atoms with E-state index < -0.39 is 15.8 Å². The molecule has 0 unspecified atom stereocenters. The van der Waals surface area contributed by atoms with E-state index in [1.165, 1.54) is 12.1 Å². The summed E-state index contributed by atoms with van der Waals surface area (Å²) in [6, 6.07) is 4.89. The lowest BCUT2D eigenvalue weighted by atomic mass is 9.81. The Bertz CT molecular complexity index is 549. The van der Waals surface area contributed by atoms with Crippen molar-refractivity contribution in [2.24, 2.45) is 5.41 Å². The van der Waals surface area contributed by atoms with Gasteiger partial charge in [0.25, 0.3) is 0 Å². The highest BCUT2D eigenvalue weighted by atomic mass is 32.2. The van der Waals surface area contributed by atoms with Gasteiger partial charge in [-0.3, -0.25) is 0 Å². The Labute approximate surface area is 120 Å². The molecule has 1 aromatic rings. The molecule has 6 heteroatoms. The first-order valence-electron chi connectivity index (χ1n) is 6.75. The lowest BCUT2D eigenvalue weighted by Gasteiger charge is -2.37. The van der Waals surface area contributed by atoms with Gasteiger partial charge in [0.05, 0.1) is 4.90 Å². The molecule has 1 aromatic carbocycles. The van der Waals surface area contributed by atoms with E-state index >= 15 is 0 Å². The van der Waals surface area contributed by atoms with Crippen molar-refractivity contribution in [1.29, 1.82) is 0 Å². The number of likely N-dealkylation sites (tertiary alicyclic amines) is 1. The Morgan fingerprint density at radius 3 is 2.35 bits per heavy atom. The highest BCUT2D eigenvalue weighted by Gasteiger charge is 2.30. The van der Waals surface area contributed by atoms with Crippen molar-refractivity contribution in [1.82, 2.24) is 9.62 Å². The van der Waals surface area contributed by atoms with Gasteiger partial charge in [0.2, 0.25) is 10.0 Å². The molecular formula is C14H21FN2O2S. The smallest absolute Gasteiger partial charge is 0.240 e. The Kier molecular flexibility index (Phi) is 4.46. The second-order valence-corrected chi connectivity index (χ2v) is 7.66. The Balaban J connectivity index is 2.00. The fraction of sp³-hybridized carbons (Fsp3) is 0.571. The molecule has 4 nitrogen and oxygen atoms in total. The zero-order valence-corrected chi connectivity index (χ0v) is 12.7. The first-order chi connectivity index (χ1) is 9.31. The van der Waals surface area contributed by atoms with Crippen LogP contribution in [0, 0.1) is 11.2 Å². The van der Waals surface area contributed by atoms with Gasteiger partial charge < -0.3 is 4.90 Å². The zero-order chi connectivity index (χ0) is 14.8. The van der Waals surface area contributed by atoms with Crippen LogP contribution < -0.4 is 4.72 Å². The van der Waals surface area contributed by atoms with Crippen LogP contribution in [0.3, 0.4) is 0 Å². The summed E-state index contributed by atoms with van der Waals surface area (Å²) in [7, 11) is -1.49. The van der Waals surface area contributed by atoms with Crippen molar-refractivity contribution < 1.29 is 12.8 Å². The van der Waals surface area contributed by atoms with E-state index in [4.69, 9.17) is 0 Å². The summed E-state index contributed by atoms with van der Waals surface area (Å²) in [5, 5.41) is 0. The van der Waals surface area contributed by atoms with E-state index in [9.17, 15) is 12.8 Å². The van der Waals surface area contributed by atoms with E-state index in [2.05, 4.69) is 23.6 Å². The molecule has 0 spiro atoms. The summed E-state index contributed by atoms with van der Waals surface area (Å²) >= 11 is 0. The van der Waals surface area contributed by atoms with Crippen molar-refractivity contribution in [3.8, 4) is 0 Å². The molecule has 1 heterocycles.